The summed E-state index contributed by atoms with van der Waals surface area (Å²) in [6, 6.07) is 4.32. The minimum atomic E-state index is -0.674. The Morgan fingerprint density at radius 1 is 1.21 bits per heavy atom. The average molecular weight is 188 g/mol. The van der Waals surface area contributed by atoms with Gasteiger partial charge in [-0.3, -0.25) is 0 Å². The van der Waals surface area contributed by atoms with Crippen molar-refractivity contribution in [3.05, 3.63) is 29.3 Å². The molecule has 4 nitrogen and oxygen atoms in total. The molecule has 0 saturated heterocycles. The van der Waals surface area contributed by atoms with Crippen LogP contribution in [-0.2, 0) is 4.74 Å². The first-order valence-corrected chi connectivity index (χ1v) is 3.75. The molecule has 0 spiro atoms. The van der Waals surface area contributed by atoms with Crippen molar-refractivity contribution < 1.29 is 19.1 Å². The van der Waals surface area contributed by atoms with Crippen LogP contribution in [0.1, 0.15) is 20.7 Å². The lowest BCUT2D eigenvalue weighted by Gasteiger charge is -1.97. The van der Waals surface area contributed by atoms with Crippen LogP contribution >= 0.6 is 0 Å². The minimum Gasteiger partial charge on any atom is -0.408 e. The van der Waals surface area contributed by atoms with Crippen molar-refractivity contribution in [3.63, 3.8) is 0 Å². The molecule has 2 rings (SSSR count). The summed E-state index contributed by atoms with van der Waals surface area (Å²) in [5.41, 5.74) is 0.419. The van der Waals surface area contributed by atoms with Gasteiger partial charge in [0.25, 0.3) is 0 Å². The number of hydrogen-bond donors (Lipinski definition) is 0. The molecule has 4 heteroatoms. The van der Waals surface area contributed by atoms with Gasteiger partial charge in [0.2, 0.25) is 0 Å². The van der Waals surface area contributed by atoms with Gasteiger partial charge in [-0.25, -0.2) is 9.59 Å². The van der Waals surface area contributed by atoms with Gasteiger partial charge in [-0.1, -0.05) is 6.42 Å². The average Bonchev–Trinajstić information content (AvgIpc) is 2.43. The molecule has 0 radical (unpaired) electrons. The Kier molecular flexibility index (Phi) is 1.72. The van der Waals surface area contributed by atoms with Crippen LogP contribution in [0.5, 0.6) is 5.75 Å². The van der Waals surface area contributed by atoms with Crippen LogP contribution in [0.2, 0.25) is 0 Å². The van der Waals surface area contributed by atoms with Crippen LogP contribution in [0.4, 0.5) is 0 Å². The molecular weight excluding hydrogens is 184 g/mol. The third-order valence-corrected chi connectivity index (χ3v) is 1.79. The molecule has 0 aromatic heterocycles. The van der Waals surface area contributed by atoms with Crippen molar-refractivity contribution in [1.29, 1.82) is 0 Å². The van der Waals surface area contributed by atoms with Gasteiger partial charge >= 0.3 is 11.9 Å². The molecule has 0 amide bonds. The predicted molar refractivity (Wildman–Crippen MR) is 45.6 cm³/mol. The number of benzene rings is 1. The minimum absolute atomic E-state index is 0.183. The molecule has 0 aliphatic carbocycles. The van der Waals surface area contributed by atoms with Crippen LogP contribution in [0.15, 0.2) is 18.2 Å². The standard InChI is InChI=1S/C10H4O4/c1-2-13-6-3-4-7-8(5-6)10(12)14-9(7)11/h1,3-5H. The lowest BCUT2D eigenvalue weighted by Crippen LogP contribution is -1.96. The maximum Gasteiger partial charge on any atom is 0.347 e. The highest BCUT2D eigenvalue weighted by Crippen LogP contribution is 2.24. The number of terminal acetylenes is 1. The van der Waals surface area contributed by atoms with E-state index in [2.05, 4.69) is 4.74 Å². The highest BCUT2D eigenvalue weighted by Gasteiger charge is 2.29. The molecule has 1 aliphatic rings. The lowest BCUT2D eigenvalue weighted by molar-refractivity contribution is 0.0443. The van der Waals surface area contributed by atoms with E-state index in [1.54, 1.807) is 0 Å². The van der Waals surface area contributed by atoms with Crippen LogP contribution in [0, 0.1) is 12.5 Å². The molecule has 0 fully saturated rings. The van der Waals surface area contributed by atoms with Crippen molar-refractivity contribution in [2.75, 3.05) is 0 Å². The van der Waals surface area contributed by atoms with Crippen LogP contribution in [0.25, 0.3) is 0 Å². The van der Waals surface area contributed by atoms with Gasteiger partial charge in [-0.05, 0) is 18.2 Å². The first kappa shape index (κ1) is 8.32. The van der Waals surface area contributed by atoms with Crippen molar-refractivity contribution in [3.8, 4) is 18.3 Å². The van der Waals surface area contributed by atoms with Crippen LogP contribution in [0.3, 0.4) is 0 Å². The number of fused-ring (bicyclic) bond motifs is 1. The summed E-state index contributed by atoms with van der Waals surface area (Å²) in [4.78, 5) is 22.1. The van der Waals surface area contributed by atoms with Gasteiger partial charge in [0, 0.05) is 0 Å². The Hall–Kier alpha value is -2.28. The Morgan fingerprint density at radius 2 is 1.93 bits per heavy atom. The highest BCUT2D eigenvalue weighted by atomic mass is 16.6. The number of ether oxygens (including phenoxy) is 2. The molecule has 68 valence electrons. The largest absolute Gasteiger partial charge is 0.408 e. The maximum atomic E-state index is 11.1. The van der Waals surface area contributed by atoms with E-state index in [1.165, 1.54) is 18.2 Å². The quantitative estimate of drug-likeness (QED) is 0.374. The number of cyclic esters (lactones) is 2. The molecule has 1 aromatic rings. The Morgan fingerprint density at radius 3 is 2.64 bits per heavy atom. The van der Waals surface area contributed by atoms with Gasteiger partial charge in [-0.2, -0.15) is 0 Å². The topological polar surface area (TPSA) is 52.6 Å². The van der Waals surface area contributed by atoms with Crippen molar-refractivity contribution in [1.82, 2.24) is 0 Å². The van der Waals surface area contributed by atoms with E-state index in [4.69, 9.17) is 11.2 Å². The molecule has 0 saturated carbocycles. The van der Waals surface area contributed by atoms with Gasteiger partial charge in [-0.15, -0.1) is 0 Å². The zero-order valence-corrected chi connectivity index (χ0v) is 6.94. The summed E-state index contributed by atoms with van der Waals surface area (Å²) in [6.07, 6.45) is 6.88. The lowest BCUT2D eigenvalue weighted by atomic mass is 10.1. The van der Waals surface area contributed by atoms with Crippen LogP contribution in [-0.4, -0.2) is 11.9 Å². The predicted octanol–water partition coefficient (Wildman–Crippen LogP) is 0.967. The smallest absolute Gasteiger partial charge is 0.347 e. The fourth-order valence-corrected chi connectivity index (χ4v) is 1.20. The molecule has 0 unspecified atom stereocenters. The summed E-state index contributed by atoms with van der Waals surface area (Å²) in [6.45, 7) is 0. The molecule has 0 bridgehead atoms. The SMILES string of the molecule is C#COc1ccc2c(c1)C(=O)OC2=O. The summed E-state index contributed by atoms with van der Waals surface area (Å²) >= 11 is 0. The Labute approximate surface area is 79.4 Å². The summed E-state index contributed by atoms with van der Waals surface area (Å²) in [5, 5.41) is 0. The third kappa shape index (κ3) is 1.12. The van der Waals surface area contributed by atoms with Gasteiger partial charge in [0.05, 0.1) is 11.1 Å². The number of esters is 2. The zero-order valence-electron chi connectivity index (χ0n) is 6.94. The van der Waals surface area contributed by atoms with Crippen molar-refractivity contribution in [2.45, 2.75) is 0 Å². The van der Waals surface area contributed by atoms with Crippen molar-refractivity contribution in [2.24, 2.45) is 0 Å². The van der Waals surface area contributed by atoms with Crippen molar-refractivity contribution >= 4 is 11.9 Å². The summed E-state index contributed by atoms with van der Waals surface area (Å²) < 4.78 is 9.10. The Balaban J connectivity index is 2.51. The Bertz CT molecular complexity index is 468. The monoisotopic (exact) mass is 188 g/mol. The zero-order chi connectivity index (χ0) is 10.1. The van der Waals surface area contributed by atoms with Crippen LogP contribution < -0.4 is 4.74 Å². The van der Waals surface area contributed by atoms with E-state index in [0.29, 0.717) is 5.75 Å². The second kappa shape index (κ2) is 2.89. The normalized spacial score (nSPS) is 13.1. The summed E-state index contributed by atoms with van der Waals surface area (Å²) in [5.74, 6) is -0.984. The van der Waals surface area contributed by atoms with Gasteiger partial charge in [0.15, 0.2) is 0 Å². The van der Waals surface area contributed by atoms with E-state index in [1.807, 2.05) is 6.11 Å². The molecular formula is C10H4O4. The number of hydrogen-bond acceptors (Lipinski definition) is 4. The highest BCUT2D eigenvalue weighted by molar-refractivity contribution is 6.14. The first-order valence-electron chi connectivity index (χ1n) is 3.75. The third-order valence-electron chi connectivity index (χ3n) is 1.79. The summed E-state index contributed by atoms with van der Waals surface area (Å²) in [7, 11) is 0. The molecule has 0 N–H and O–H groups in total. The fourth-order valence-electron chi connectivity index (χ4n) is 1.20. The number of rotatable bonds is 1. The first-order chi connectivity index (χ1) is 6.72. The molecule has 1 aromatic carbocycles. The molecule has 1 aliphatic heterocycles. The van der Waals surface area contributed by atoms with Gasteiger partial charge < -0.3 is 9.47 Å². The van der Waals surface area contributed by atoms with E-state index < -0.39 is 11.9 Å². The van der Waals surface area contributed by atoms with E-state index in [9.17, 15) is 9.59 Å². The second-order valence-electron chi connectivity index (χ2n) is 2.60. The maximum absolute atomic E-state index is 11.1. The second-order valence-corrected chi connectivity index (χ2v) is 2.60. The fraction of sp³-hybridized carbons (Fsp3) is 0. The molecule has 1 heterocycles. The molecule has 14 heavy (non-hydrogen) atoms. The number of carbonyl (C=O) groups is 2. The number of carbonyl (C=O) groups excluding carboxylic acids is 2. The van der Waals surface area contributed by atoms with Gasteiger partial charge in [0.1, 0.15) is 11.9 Å². The van der Waals surface area contributed by atoms with E-state index in [-0.39, 0.29) is 11.1 Å². The molecule has 0 atom stereocenters. The van der Waals surface area contributed by atoms with E-state index in [0.717, 1.165) is 0 Å². The van der Waals surface area contributed by atoms with E-state index >= 15 is 0 Å².